The summed E-state index contributed by atoms with van der Waals surface area (Å²) in [6.07, 6.45) is 0. The summed E-state index contributed by atoms with van der Waals surface area (Å²) in [6.45, 7) is 1.72. The van der Waals surface area contributed by atoms with E-state index in [1.165, 1.54) is 0 Å². The van der Waals surface area contributed by atoms with E-state index in [4.69, 9.17) is 0 Å². The van der Waals surface area contributed by atoms with Gasteiger partial charge in [-0.2, -0.15) is 0 Å². The van der Waals surface area contributed by atoms with E-state index in [0.29, 0.717) is 0 Å². The maximum Gasteiger partial charge on any atom is 0.230 e. The van der Waals surface area contributed by atoms with Crippen molar-refractivity contribution in [2.45, 2.75) is 18.9 Å². The van der Waals surface area contributed by atoms with E-state index >= 15 is 0 Å². The Bertz CT molecular complexity index is 583. The Labute approximate surface area is 133 Å². The van der Waals surface area contributed by atoms with Gasteiger partial charge in [0.1, 0.15) is 0 Å². The van der Waals surface area contributed by atoms with Crippen LogP contribution < -0.4 is 5.32 Å². The Balaban J connectivity index is 2.08. The van der Waals surface area contributed by atoms with Crippen LogP contribution in [0.1, 0.15) is 30.0 Å². The largest absolute Gasteiger partial charge is 0.395 e. The van der Waals surface area contributed by atoms with E-state index < -0.39 is 5.92 Å². The summed E-state index contributed by atoms with van der Waals surface area (Å²) in [4.78, 5) is 12.4. The van der Waals surface area contributed by atoms with Crippen LogP contribution in [0.25, 0.3) is 0 Å². The van der Waals surface area contributed by atoms with E-state index in [0.717, 1.165) is 15.6 Å². The van der Waals surface area contributed by atoms with Crippen molar-refractivity contribution >= 4 is 21.8 Å². The first-order chi connectivity index (χ1) is 10.1. The third kappa shape index (κ3) is 4.16. The van der Waals surface area contributed by atoms with Crippen LogP contribution in [0.3, 0.4) is 0 Å². The molecule has 4 heteroatoms. The smallest absolute Gasteiger partial charge is 0.230 e. The fourth-order valence-corrected chi connectivity index (χ4v) is 2.44. The van der Waals surface area contributed by atoms with Crippen LogP contribution in [0.5, 0.6) is 0 Å². The molecule has 21 heavy (non-hydrogen) atoms. The highest BCUT2D eigenvalue weighted by molar-refractivity contribution is 9.10. The van der Waals surface area contributed by atoms with Gasteiger partial charge in [-0.25, -0.2) is 0 Å². The molecule has 2 aromatic rings. The SMILES string of the molecule is C[C@@H](NC(=O)[C@H](CO)c1ccc(Br)cc1)c1ccccc1. The average Bonchev–Trinajstić information content (AvgIpc) is 2.50. The topological polar surface area (TPSA) is 49.3 Å². The third-order valence-corrected chi connectivity index (χ3v) is 3.96. The van der Waals surface area contributed by atoms with Crippen molar-refractivity contribution in [3.8, 4) is 0 Å². The van der Waals surface area contributed by atoms with Crippen LogP contribution in [-0.4, -0.2) is 17.6 Å². The molecule has 0 aliphatic heterocycles. The molecule has 0 aliphatic rings. The predicted molar refractivity (Wildman–Crippen MR) is 87.0 cm³/mol. The summed E-state index contributed by atoms with van der Waals surface area (Å²) < 4.78 is 0.945. The standard InChI is InChI=1S/C17H18BrNO2/c1-12(13-5-3-2-4-6-13)19-17(21)16(11-20)14-7-9-15(18)10-8-14/h2-10,12,16,20H,11H2,1H3,(H,19,21)/t12-,16-/m1/s1. The first kappa shape index (κ1) is 15.7. The number of amides is 1. The second-order valence-corrected chi connectivity index (χ2v) is 5.84. The Morgan fingerprint density at radius 1 is 1.10 bits per heavy atom. The molecule has 2 rings (SSSR count). The Morgan fingerprint density at radius 2 is 1.71 bits per heavy atom. The second-order valence-electron chi connectivity index (χ2n) is 4.93. The van der Waals surface area contributed by atoms with Gasteiger partial charge in [0.05, 0.1) is 18.6 Å². The molecule has 0 saturated carbocycles. The monoisotopic (exact) mass is 347 g/mol. The van der Waals surface area contributed by atoms with E-state index in [1.54, 1.807) is 0 Å². The maximum absolute atomic E-state index is 12.4. The van der Waals surface area contributed by atoms with E-state index in [9.17, 15) is 9.90 Å². The van der Waals surface area contributed by atoms with Crippen molar-refractivity contribution in [2.24, 2.45) is 0 Å². The van der Waals surface area contributed by atoms with Crippen LogP contribution in [0.4, 0.5) is 0 Å². The Kier molecular flexibility index (Phi) is 5.53. The summed E-state index contributed by atoms with van der Waals surface area (Å²) in [5, 5.41) is 12.5. The molecule has 0 unspecified atom stereocenters. The Morgan fingerprint density at radius 3 is 2.29 bits per heavy atom. The lowest BCUT2D eigenvalue weighted by Crippen LogP contribution is -2.33. The lowest BCUT2D eigenvalue weighted by atomic mass is 9.98. The highest BCUT2D eigenvalue weighted by atomic mass is 79.9. The number of carbonyl (C=O) groups is 1. The molecule has 2 N–H and O–H groups in total. The quantitative estimate of drug-likeness (QED) is 0.870. The van der Waals surface area contributed by atoms with Gasteiger partial charge in [-0.1, -0.05) is 58.4 Å². The fourth-order valence-electron chi connectivity index (χ4n) is 2.17. The molecule has 0 aliphatic carbocycles. The number of carbonyl (C=O) groups excluding carboxylic acids is 1. The van der Waals surface area contributed by atoms with Gasteiger partial charge >= 0.3 is 0 Å². The summed E-state index contributed by atoms with van der Waals surface area (Å²) >= 11 is 3.36. The molecule has 0 heterocycles. The van der Waals surface area contributed by atoms with Gasteiger partial charge in [-0.05, 0) is 30.2 Å². The van der Waals surface area contributed by atoms with Gasteiger partial charge in [0, 0.05) is 4.47 Å². The molecule has 0 fully saturated rings. The molecule has 110 valence electrons. The molecule has 0 aromatic heterocycles. The van der Waals surface area contributed by atoms with E-state index in [1.807, 2.05) is 61.5 Å². The predicted octanol–water partition coefficient (Wildman–Crippen LogP) is 3.40. The molecular weight excluding hydrogens is 330 g/mol. The summed E-state index contributed by atoms with van der Waals surface area (Å²) in [5.74, 6) is -0.722. The summed E-state index contributed by atoms with van der Waals surface area (Å²) in [7, 11) is 0. The molecule has 2 atom stereocenters. The normalized spacial score (nSPS) is 13.5. The van der Waals surface area contributed by atoms with Crippen molar-refractivity contribution in [3.05, 3.63) is 70.2 Å². The minimum atomic E-state index is -0.552. The van der Waals surface area contributed by atoms with Crippen LogP contribution >= 0.6 is 15.9 Å². The van der Waals surface area contributed by atoms with Crippen LogP contribution in [0.2, 0.25) is 0 Å². The first-order valence-corrected chi connectivity index (χ1v) is 7.62. The molecule has 2 aromatic carbocycles. The van der Waals surface area contributed by atoms with Crippen molar-refractivity contribution in [1.29, 1.82) is 0 Å². The fraction of sp³-hybridized carbons (Fsp3) is 0.235. The lowest BCUT2D eigenvalue weighted by molar-refractivity contribution is -0.124. The average molecular weight is 348 g/mol. The van der Waals surface area contributed by atoms with Gasteiger partial charge in [0.25, 0.3) is 0 Å². The molecule has 1 amide bonds. The van der Waals surface area contributed by atoms with Crippen LogP contribution in [0, 0.1) is 0 Å². The number of aliphatic hydroxyl groups excluding tert-OH is 1. The number of aliphatic hydroxyl groups is 1. The van der Waals surface area contributed by atoms with E-state index in [-0.39, 0.29) is 18.6 Å². The van der Waals surface area contributed by atoms with Crippen molar-refractivity contribution in [2.75, 3.05) is 6.61 Å². The molecular formula is C17H18BrNO2. The zero-order valence-electron chi connectivity index (χ0n) is 11.8. The second kappa shape index (κ2) is 7.38. The molecule has 0 radical (unpaired) electrons. The number of hydrogen-bond donors (Lipinski definition) is 2. The first-order valence-electron chi connectivity index (χ1n) is 6.83. The summed E-state index contributed by atoms with van der Waals surface area (Å²) in [6, 6.07) is 17.1. The van der Waals surface area contributed by atoms with Crippen molar-refractivity contribution in [3.63, 3.8) is 0 Å². The molecule has 3 nitrogen and oxygen atoms in total. The van der Waals surface area contributed by atoms with Gasteiger partial charge in [0.15, 0.2) is 0 Å². The summed E-state index contributed by atoms with van der Waals surface area (Å²) in [5.41, 5.74) is 1.84. The minimum Gasteiger partial charge on any atom is -0.395 e. The zero-order valence-corrected chi connectivity index (χ0v) is 13.4. The number of nitrogens with one attached hydrogen (secondary N) is 1. The molecule has 0 spiro atoms. The van der Waals surface area contributed by atoms with Gasteiger partial charge in [-0.15, -0.1) is 0 Å². The zero-order chi connectivity index (χ0) is 15.2. The molecule has 0 saturated heterocycles. The third-order valence-electron chi connectivity index (χ3n) is 3.43. The van der Waals surface area contributed by atoms with Crippen molar-refractivity contribution < 1.29 is 9.90 Å². The van der Waals surface area contributed by atoms with Gasteiger partial charge in [0.2, 0.25) is 5.91 Å². The van der Waals surface area contributed by atoms with Crippen LogP contribution in [-0.2, 0) is 4.79 Å². The number of hydrogen-bond acceptors (Lipinski definition) is 2. The number of halogens is 1. The van der Waals surface area contributed by atoms with Gasteiger partial charge in [-0.3, -0.25) is 4.79 Å². The highest BCUT2D eigenvalue weighted by Gasteiger charge is 2.21. The minimum absolute atomic E-state index is 0.0943. The number of rotatable bonds is 5. The van der Waals surface area contributed by atoms with Crippen molar-refractivity contribution in [1.82, 2.24) is 5.32 Å². The lowest BCUT2D eigenvalue weighted by Gasteiger charge is -2.19. The van der Waals surface area contributed by atoms with Crippen LogP contribution in [0.15, 0.2) is 59.1 Å². The van der Waals surface area contributed by atoms with E-state index in [2.05, 4.69) is 21.2 Å². The number of benzene rings is 2. The maximum atomic E-state index is 12.4. The van der Waals surface area contributed by atoms with Gasteiger partial charge < -0.3 is 10.4 Å². The Hall–Kier alpha value is -1.65. The highest BCUT2D eigenvalue weighted by Crippen LogP contribution is 2.20. The molecule has 0 bridgehead atoms.